The number of unbranched alkanes of at least 4 members (excludes halogenated alkanes) is 53. The van der Waals surface area contributed by atoms with Crippen LogP contribution >= 0.6 is 15.6 Å². The van der Waals surface area contributed by atoms with E-state index in [4.69, 9.17) is 37.0 Å². The summed E-state index contributed by atoms with van der Waals surface area (Å²) in [5.74, 6) is -2.11. The van der Waals surface area contributed by atoms with Crippen LogP contribution in [0.25, 0.3) is 0 Å². The molecule has 0 bridgehead atoms. The molecule has 0 aromatic carbocycles. The maximum atomic E-state index is 13.1. The number of carbonyl (C=O) groups excluding carboxylic acids is 4. The maximum Gasteiger partial charge on any atom is 0.472 e. The van der Waals surface area contributed by atoms with E-state index in [9.17, 15) is 43.2 Å². The van der Waals surface area contributed by atoms with Crippen LogP contribution < -0.4 is 0 Å². The zero-order valence-corrected chi connectivity index (χ0v) is 64.8. The Bertz CT molecular complexity index is 1840. The molecule has 97 heavy (non-hydrogen) atoms. The molecule has 2 unspecified atom stereocenters. The highest BCUT2D eigenvalue weighted by Crippen LogP contribution is 2.45. The Labute approximate surface area is 594 Å². The molecular weight excluding hydrogens is 1270 g/mol. The minimum atomic E-state index is -4.96. The molecule has 0 rings (SSSR count). The number of ether oxygens (including phenoxy) is 4. The van der Waals surface area contributed by atoms with E-state index >= 15 is 0 Å². The highest BCUT2D eigenvalue weighted by atomic mass is 31.2. The molecule has 3 N–H and O–H groups in total. The Balaban J connectivity index is 5.16. The first kappa shape index (κ1) is 95.1. The molecule has 0 aromatic heterocycles. The molecule has 0 aliphatic rings. The Morgan fingerprint density at radius 3 is 0.608 bits per heavy atom. The summed E-state index contributed by atoms with van der Waals surface area (Å²) in [5, 5.41) is 10.6. The van der Waals surface area contributed by atoms with Gasteiger partial charge >= 0.3 is 39.5 Å². The molecule has 576 valence electrons. The normalized spacial score (nSPS) is 13.8. The topological polar surface area (TPSA) is 237 Å². The van der Waals surface area contributed by atoms with Crippen molar-refractivity contribution in [1.82, 2.24) is 0 Å². The van der Waals surface area contributed by atoms with Crippen molar-refractivity contribution in [1.29, 1.82) is 0 Å². The van der Waals surface area contributed by atoms with Gasteiger partial charge in [0.15, 0.2) is 12.2 Å². The number of aliphatic hydroxyl groups is 1. The second kappa shape index (κ2) is 72.4. The summed E-state index contributed by atoms with van der Waals surface area (Å²) in [7, 11) is -9.91. The fraction of sp³-hybridized carbons (Fsp3) is 0.949. The lowest BCUT2D eigenvalue weighted by Gasteiger charge is -2.21. The van der Waals surface area contributed by atoms with Gasteiger partial charge in [0.05, 0.1) is 26.4 Å². The Hall–Kier alpha value is -1.94. The first-order valence-corrected chi connectivity index (χ1v) is 43.8. The van der Waals surface area contributed by atoms with Crippen molar-refractivity contribution < 1.29 is 80.2 Å². The predicted molar refractivity (Wildman–Crippen MR) is 395 cm³/mol. The van der Waals surface area contributed by atoms with Gasteiger partial charge in [0.25, 0.3) is 0 Å². The van der Waals surface area contributed by atoms with Crippen molar-refractivity contribution in [2.75, 3.05) is 39.6 Å². The van der Waals surface area contributed by atoms with Gasteiger partial charge in [-0.25, -0.2) is 9.13 Å². The summed E-state index contributed by atoms with van der Waals surface area (Å²) >= 11 is 0. The molecule has 19 heteroatoms. The summed E-state index contributed by atoms with van der Waals surface area (Å²) in [6, 6.07) is 0. The average molecular weight is 1420 g/mol. The number of hydrogen-bond donors (Lipinski definition) is 3. The van der Waals surface area contributed by atoms with Crippen molar-refractivity contribution in [2.45, 2.75) is 438 Å². The van der Waals surface area contributed by atoms with Crippen molar-refractivity contribution in [2.24, 2.45) is 0 Å². The minimum Gasteiger partial charge on any atom is -0.462 e. The zero-order valence-electron chi connectivity index (χ0n) is 63.1. The molecule has 0 radical (unpaired) electrons. The summed E-state index contributed by atoms with van der Waals surface area (Å²) in [5.41, 5.74) is 0. The summed E-state index contributed by atoms with van der Waals surface area (Å²) in [6.07, 6.45) is 64.0. The van der Waals surface area contributed by atoms with Crippen LogP contribution in [0.15, 0.2) is 0 Å². The molecular formula is C78H152O17P2. The Morgan fingerprint density at radius 1 is 0.247 bits per heavy atom. The zero-order chi connectivity index (χ0) is 71.1. The standard InChI is InChI=1S/C78H152O17P2/c1-5-9-13-17-21-24-27-30-32-34-36-37-39-41-43-46-49-53-57-61-65-78(83)95-74(69-89-76(81)63-59-55-51-47-45-42-40-38-35-33-31-28-25-22-18-14-10-6-2)71-93-97(86,87)91-67-72(79)66-90-96(84,85)92-70-73(68-88-75(80)62-58-54-50-20-16-12-8-4)94-77(82)64-60-56-52-48-44-29-26-23-19-15-11-7-3/h72-74,79H,5-71H2,1-4H3,(H,84,85)(H,86,87)/t72-,73+,74+/m0/s1. The van der Waals surface area contributed by atoms with Crippen LogP contribution in [0.4, 0.5) is 0 Å². The number of aliphatic hydroxyl groups excluding tert-OH is 1. The third-order valence-electron chi connectivity index (χ3n) is 18.4. The largest absolute Gasteiger partial charge is 0.472 e. The average Bonchev–Trinajstić information content (AvgIpc) is 1.01. The maximum absolute atomic E-state index is 13.1. The van der Waals surface area contributed by atoms with Crippen LogP contribution in [0, 0.1) is 0 Å². The molecule has 0 heterocycles. The van der Waals surface area contributed by atoms with E-state index in [1.165, 1.54) is 238 Å². The predicted octanol–water partition coefficient (Wildman–Crippen LogP) is 23.4. The lowest BCUT2D eigenvalue weighted by molar-refractivity contribution is -0.161. The summed E-state index contributed by atoms with van der Waals surface area (Å²) in [6.45, 7) is 4.96. The van der Waals surface area contributed by atoms with E-state index in [-0.39, 0.29) is 25.7 Å². The highest BCUT2D eigenvalue weighted by Gasteiger charge is 2.30. The molecule has 5 atom stereocenters. The fourth-order valence-corrected chi connectivity index (χ4v) is 13.7. The molecule has 0 aliphatic carbocycles. The molecule has 0 aromatic rings. The van der Waals surface area contributed by atoms with Gasteiger partial charge < -0.3 is 33.8 Å². The number of carbonyl (C=O) groups is 4. The molecule has 0 fully saturated rings. The van der Waals surface area contributed by atoms with Gasteiger partial charge in [0, 0.05) is 25.7 Å². The van der Waals surface area contributed by atoms with Crippen LogP contribution in [-0.4, -0.2) is 96.7 Å². The van der Waals surface area contributed by atoms with Crippen molar-refractivity contribution in [3.05, 3.63) is 0 Å². The monoisotopic (exact) mass is 1420 g/mol. The number of esters is 4. The molecule has 0 saturated heterocycles. The van der Waals surface area contributed by atoms with E-state index in [1.807, 2.05) is 0 Å². The van der Waals surface area contributed by atoms with E-state index in [0.29, 0.717) is 25.7 Å². The van der Waals surface area contributed by atoms with Crippen LogP contribution in [0.2, 0.25) is 0 Å². The van der Waals surface area contributed by atoms with Gasteiger partial charge in [-0.05, 0) is 25.7 Å². The Morgan fingerprint density at radius 2 is 0.412 bits per heavy atom. The molecule has 0 aliphatic heterocycles. The third-order valence-corrected chi connectivity index (χ3v) is 20.3. The van der Waals surface area contributed by atoms with E-state index in [1.54, 1.807) is 0 Å². The quantitative estimate of drug-likeness (QED) is 0.0222. The number of phosphoric acid groups is 2. The first-order valence-electron chi connectivity index (χ1n) is 40.8. The van der Waals surface area contributed by atoms with Crippen LogP contribution in [0.1, 0.15) is 419 Å². The minimum absolute atomic E-state index is 0.108. The molecule has 0 saturated carbocycles. The SMILES string of the molecule is CCCCCCCCCCCCCCCCCCCCCCC(=O)O[C@H](COC(=O)CCCCCCCCCCCCCCCCCCCC)COP(=O)(O)OC[C@@H](O)COP(=O)(O)OC[C@@H](COC(=O)CCCCCCCCC)OC(=O)CCCCCCCCCCCCCC. The van der Waals surface area contributed by atoms with E-state index in [0.717, 1.165) is 103 Å². The van der Waals surface area contributed by atoms with Gasteiger partial charge in [0.1, 0.15) is 19.3 Å². The van der Waals surface area contributed by atoms with Crippen LogP contribution in [0.5, 0.6) is 0 Å². The highest BCUT2D eigenvalue weighted by molar-refractivity contribution is 7.47. The number of hydrogen-bond acceptors (Lipinski definition) is 15. The smallest absolute Gasteiger partial charge is 0.462 e. The number of rotatable bonds is 79. The van der Waals surface area contributed by atoms with E-state index in [2.05, 4.69) is 27.7 Å². The third kappa shape index (κ3) is 72.2. The van der Waals surface area contributed by atoms with Gasteiger partial charge in [-0.2, -0.15) is 0 Å². The van der Waals surface area contributed by atoms with Gasteiger partial charge in [-0.1, -0.05) is 368 Å². The van der Waals surface area contributed by atoms with Crippen LogP contribution in [0.3, 0.4) is 0 Å². The van der Waals surface area contributed by atoms with Gasteiger partial charge in [0.2, 0.25) is 0 Å². The fourth-order valence-electron chi connectivity index (χ4n) is 12.1. The molecule has 0 spiro atoms. The first-order chi connectivity index (χ1) is 47.2. The lowest BCUT2D eigenvalue weighted by atomic mass is 10.0. The van der Waals surface area contributed by atoms with Crippen molar-refractivity contribution in [3.8, 4) is 0 Å². The second-order valence-corrected chi connectivity index (χ2v) is 31.0. The summed E-state index contributed by atoms with van der Waals surface area (Å²) < 4.78 is 68.5. The second-order valence-electron chi connectivity index (χ2n) is 28.1. The van der Waals surface area contributed by atoms with E-state index < -0.39 is 97.5 Å². The van der Waals surface area contributed by atoms with Crippen molar-refractivity contribution >= 4 is 39.5 Å². The Kier molecular flexibility index (Phi) is 71.0. The lowest BCUT2D eigenvalue weighted by Crippen LogP contribution is -2.30. The van der Waals surface area contributed by atoms with Gasteiger partial charge in [-0.3, -0.25) is 37.3 Å². The van der Waals surface area contributed by atoms with Crippen LogP contribution in [-0.2, 0) is 65.4 Å². The van der Waals surface area contributed by atoms with Gasteiger partial charge in [-0.15, -0.1) is 0 Å². The molecule has 17 nitrogen and oxygen atoms in total. The number of phosphoric ester groups is 2. The van der Waals surface area contributed by atoms with Crippen molar-refractivity contribution in [3.63, 3.8) is 0 Å². The molecule has 0 amide bonds. The summed E-state index contributed by atoms with van der Waals surface area (Å²) in [4.78, 5) is 72.7.